The molecule has 1 atom stereocenters. The number of hydrogen-bond donors (Lipinski definition) is 1. The van der Waals surface area contributed by atoms with Crippen LogP contribution in [-0.2, 0) is 9.47 Å². The summed E-state index contributed by atoms with van der Waals surface area (Å²) < 4.78 is 9.95. The average molecular weight is 236 g/mol. The van der Waals surface area contributed by atoms with Gasteiger partial charge in [-0.1, -0.05) is 0 Å². The summed E-state index contributed by atoms with van der Waals surface area (Å²) >= 11 is 0. The third-order valence-electron chi connectivity index (χ3n) is 2.77. The summed E-state index contributed by atoms with van der Waals surface area (Å²) in [7, 11) is 1.36. The van der Waals surface area contributed by atoms with E-state index in [1.54, 1.807) is 19.1 Å². The highest BCUT2D eigenvalue weighted by molar-refractivity contribution is 5.90. The summed E-state index contributed by atoms with van der Waals surface area (Å²) in [6.07, 6.45) is 0.986. The molecule has 1 N–H and O–H groups in total. The second kappa shape index (κ2) is 5.14. The lowest BCUT2D eigenvalue weighted by Crippen LogP contribution is -2.20. The van der Waals surface area contributed by atoms with E-state index >= 15 is 0 Å². The van der Waals surface area contributed by atoms with Crippen molar-refractivity contribution in [1.82, 2.24) is 4.98 Å². The molecule has 17 heavy (non-hydrogen) atoms. The van der Waals surface area contributed by atoms with Gasteiger partial charge in [0, 0.05) is 6.61 Å². The largest absolute Gasteiger partial charge is 0.465 e. The zero-order valence-corrected chi connectivity index (χ0v) is 10.0. The van der Waals surface area contributed by atoms with Gasteiger partial charge < -0.3 is 14.8 Å². The van der Waals surface area contributed by atoms with Gasteiger partial charge in [-0.3, -0.25) is 0 Å². The van der Waals surface area contributed by atoms with Crippen molar-refractivity contribution in [3.63, 3.8) is 0 Å². The molecule has 1 saturated heterocycles. The minimum atomic E-state index is -0.356. The third-order valence-corrected chi connectivity index (χ3v) is 2.77. The van der Waals surface area contributed by atoms with E-state index in [0.29, 0.717) is 23.9 Å². The Kier molecular flexibility index (Phi) is 3.58. The SMILES string of the molecule is COC(=O)c1ccc(NC2CCOC2)nc1C. The molecule has 1 aromatic rings. The van der Waals surface area contributed by atoms with Crippen molar-refractivity contribution < 1.29 is 14.3 Å². The smallest absolute Gasteiger partial charge is 0.339 e. The molecule has 1 unspecified atom stereocenters. The van der Waals surface area contributed by atoms with E-state index < -0.39 is 0 Å². The second-order valence-electron chi connectivity index (χ2n) is 4.03. The summed E-state index contributed by atoms with van der Waals surface area (Å²) in [5, 5.41) is 3.28. The molecule has 1 aliphatic heterocycles. The topological polar surface area (TPSA) is 60.5 Å². The number of hydrogen-bond acceptors (Lipinski definition) is 5. The minimum Gasteiger partial charge on any atom is -0.465 e. The van der Waals surface area contributed by atoms with Gasteiger partial charge in [-0.25, -0.2) is 9.78 Å². The molecular weight excluding hydrogens is 220 g/mol. The van der Waals surface area contributed by atoms with Crippen LogP contribution >= 0.6 is 0 Å². The first-order chi connectivity index (χ1) is 8.20. The van der Waals surface area contributed by atoms with Crippen LogP contribution in [0.5, 0.6) is 0 Å². The third kappa shape index (κ3) is 2.74. The van der Waals surface area contributed by atoms with Gasteiger partial charge in [0.2, 0.25) is 0 Å². The molecule has 5 heteroatoms. The number of ether oxygens (including phenoxy) is 2. The Morgan fingerprint density at radius 3 is 3.00 bits per heavy atom. The Hall–Kier alpha value is -1.62. The monoisotopic (exact) mass is 236 g/mol. The molecule has 0 saturated carbocycles. The maximum absolute atomic E-state index is 11.4. The maximum atomic E-state index is 11.4. The standard InChI is InChI=1S/C12H16N2O3/c1-8-10(12(15)16-2)3-4-11(13-8)14-9-5-6-17-7-9/h3-4,9H,5-7H2,1-2H3,(H,13,14). The lowest BCUT2D eigenvalue weighted by molar-refractivity contribution is 0.0599. The normalized spacial score (nSPS) is 19.1. The first-order valence-electron chi connectivity index (χ1n) is 5.61. The molecule has 2 rings (SSSR count). The van der Waals surface area contributed by atoms with E-state index in [0.717, 1.165) is 18.8 Å². The fourth-order valence-electron chi connectivity index (χ4n) is 1.82. The summed E-state index contributed by atoms with van der Waals surface area (Å²) in [6.45, 7) is 3.29. The molecule has 1 aromatic heterocycles. The van der Waals surface area contributed by atoms with Crippen LogP contribution in [0.15, 0.2) is 12.1 Å². The molecule has 0 aromatic carbocycles. The summed E-state index contributed by atoms with van der Waals surface area (Å²) in [4.78, 5) is 15.7. The molecule has 0 radical (unpaired) electrons. The fraction of sp³-hybridized carbons (Fsp3) is 0.500. The first kappa shape index (κ1) is 11.9. The number of carbonyl (C=O) groups is 1. The van der Waals surface area contributed by atoms with E-state index in [1.165, 1.54) is 7.11 Å². The lowest BCUT2D eigenvalue weighted by atomic mass is 10.2. The Labute approximate surface area is 100 Å². The van der Waals surface area contributed by atoms with Crippen LogP contribution < -0.4 is 5.32 Å². The van der Waals surface area contributed by atoms with Gasteiger partial charge in [0.15, 0.2) is 0 Å². The molecular formula is C12H16N2O3. The molecule has 2 heterocycles. The summed E-state index contributed by atoms with van der Waals surface area (Å²) in [5.41, 5.74) is 1.17. The van der Waals surface area contributed by atoms with Gasteiger partial charge in [-0.15, -0.1) is 0 Å². The number of nitrogens with one attached hydrogen (secondary N) is 1. The van der Waals surface area contributed by atoms with Gasteiger partial charge >= 0.3 is 5.97 Å². The molecule has 1 fully saturated rings. The number of rotatable bonds is 3. The van der Waals surface area contributed by atoms with Gasteiger partial charge in [0.05, 0.1) is 31.0 Å². The fourth-order valence-corrected chi connectivity index (χ4v) is 1.82. The minimum absolute atomic E-state index is 0.311. The molecule has 92 valence electrons. The number of carbonyl (C=O) groups excluding carboxylic acids is 1. The van der Waals surface area contributed by atoms with Crippen molar-refractivity contribution in [2.24, 2.45) is 0 Å². The number of esters is 1. The van der Waals surface area contributed by atoms with Crippen LogP contribution in [0, 0.1) is 6.92 Å². The second-order valence-corrected chi connectivity index (χ2v) is 4.03. The number of nitrogens with zero attached hydrogens (tertiary/aromatic N) is 1. The van der Waals surface area contributed by atoms with Crippen molar-refractivity contribution in [3.05, 3.63) is 23.4 Å². The van der Waals surface area contributed by atoms with Gasteiger partial charge in [-0.2, -0.15) is 0 Å². The van der Waals surface area contributed by atoms with Crippen molar-refractivity contribution >= 4 is 11.8 Å². The van der Waals surface area contributed by atoms with Crippen molar-refractivity contribution in [3.8, 4) is 0 Å². The van der Waals surface area contributed by atoms with Crippen LogP contribution in [0.3, 0.4) is 0 Å². The lowest BCUT2D eigenvalue weighted by Gasteiger charge is -2.12. The highest BCUT2D eigenvalue weighted by atomic mass is 16.5. The molecule has 5 nitrogen and oxygen atoms in total. The number of pyridine rings is 1. The number of aryl methyl sites for hydroxylation is 1. The van der Waals surface area contributed by atoms with Gasteiger partial charge in [0.25, 0.3) is 0 Å². The molecule has 0 amide bonds. The highest BCUT2D eigenvalue weighted by Crippen LogP contribution is 2.15. The first-order valence-corrected chi connectivity index (χ1v) is 5.61. The Bertz CT molecular complexity index is 414. The van der Waals surface area contributed by atoms with Crippen LogP contribution in [-0.4, -0.2) is 37.3 Å². The van der Waals surface area contributed by atoms with Gasteiger partial charge in [-0.05, 0) is 25.5 Å². The van der Waals surface area contributed by atoms with E-state index in [2.05, 4.69) is 15.0 Å². The molecule has 0 spiro atoms. The van der Waals surface area contributed by atoms with Gasteiger partial charge in [0.1, 0.15) is 5.82 Å². The quantitative estimate of drug-likeness (QED) is 0.803. The van der Waals surface area contributed by atoms with Crippen LogP contribution in [0.25, 0.3) is 0 Å². The van der Waals surface area contributed by atoms with E-state index in [9.17, 15) is 4.79 Å². The summed E-state index contributed by atoms with van der Waals surface area (Å²) in [5.74, 6) is 0.413. The highest BCUT2D eigenvalue weighted by Gasteiger charge is 2.16. The number of methoxy groups -OCH3 is 1. The Morgan fingerprint density at radius 2 is 2.41 bits per heavy atom. The van der Waals surface area contributed by atoms with Crippen LogP contribution in [0.2, 0.25) is 0 Å². The van der Waals surface area contributed by atoms with E-state index in [1.807, 2.05) is 0 Å². The van der Waals surface area contributed by atoms with E-state index in [-0.39, 0.29) is 5.97 Å². The average Bonchev–Trinajstić information content (AvgIpc) is 2.81. The molecule has 1 aliphatic rings. The Morgan fingerprint density at radius 1 is 1.59 bits per heavy atom. The van der Waals surface area contributed by atoms with Crippen molar-refractivity contribution in [2.45, 2.75) is 19.4 Å². The zero-order valence-electron chi connectivity index (χ0n) is 10.0. The van der Waals surface area contributed by atoms with Crippen LogP contribution in [0.4, 0.5) is 5.82 Å². The zero-order chi connectivity index (χ0) is 12.3. The molecule has 0 aliphatic carbocycles. The predicted molar refractivity (Wildman–Crippen MR) is 63.2 cm³/mol. The number of anilines is 1. The molecule has 0 bridgehead atoms. The van der Waals surface area contributed by atoms with Crippen molar-refractivity contribution in [1.29, 1.82) is 0 Å². The maximum Gasteiger partial charge on any atom is 0.339 e. The predicted octanol–water partition coefficient (Wildman–Crippen LogP) is 1.38. The van der Waals surface area contributed by atoms with Crippen molar-refractivity contribution in [2.75, 3.05) is 25.6 Å². The van der Waals surface area contributed by atoms with E-state index in [4.69, 9.17) is 4.74 Å². The Balaban J connectivity index is 2.10. The van der Waals surface area contributed by atoms with Crippen LogP contribution in [0.1, 0.15) is 22.5 Å². The number of aromatic nitrogens is 1. The summed E-state index contributed by atoms with van der Waals surface area (Å²) in [6, 6.07) is 3.83.